The molecule has 0 aliphatic heterocycles. The van der Waals surface area contributed by atoms with E-state index in [-0.39, 0.29) is 17.6 Å². The van der Waals surface area contributed by atoms with Crippen LogP contribution in [-0.2, 0) is 10.0 Å². The van der Waals surface area contributed by atoms with Crippen molar-refractivity contribution in [3.8, 4) is 23.1 Å². The minimum Gasteiger partial charge on any atom is -0.463 e. The summed E-state index contributed by atoms with van der Waals surface area (Å²) in [7, 11) is -3.40. The molecule has 0 atom stereocenters. The highest BCUT2D eigenvalue weighted by molar-refractivity contribution is 7.92. The Morgan fingerprint density at radius 3 is 2.56 bits per heavy atom. The lowest BCUT2D eigenvalue weighted by Gasteiger charge is -2.09. The highest BCUT2D eigenvalue weighted by Gasteiger charge is 2.16. The summed E-state index contributed by atoms with van der Waals surface area (Å²) in [4.78, 5) is 4.37. The topological polar surface area (TPSA) is 86.1 Å². The molecule has 0 saturated heterocycles. The van der Waals surface area contributed by atoms with Gasteiger partial charge in [-0.15, -0.1) is 5.10 Å². The molecule has 0 aliphatic carbocycles. The Morgan fingerprint density at radius 1 is 1.15 bits per heavy atom. The predicted molar refractivity (Wildman–Crippen MR) is 101 cm³/mol. The van der Waals surface area contributed by atoms with Gasteiger partial charge in [0.25, 0.3) is 0 Å². The lowest BCUT2D eigenvalue weighted by Crippen LogP contribution is -2.14. The first-order chi connectivity index (χ1) is 12.9. The summed E-state index contributed by atoms with van der Waals surface area (Å²) in [5.74, 6) is 0.0651. The van der Waals surface area contributed by atoms with E-state index in [0.717, 1.165) is 0 Å². The molecule has 7 nitrogen and oxygen atoms in total. The molecular weight excluding hydrogens is 371 g/mol. The maximum Gasteiger partial charge on any atom is 0.336 e. The summed E-state index contributed by atoms with van der Waals surface area (Å²) in [6.07, 6.45) is 0. The van der Waals surface area contributed by atoms with Gasteiger partial charge in [-0.2, -0.15) is 4.98 Å². The molecule has 142 valence electrons. The Kier molecular flexibility index (Phi) is 5.41. The SMILES string of the molecule is CCOc1nc(-c2ccc(F)cc2)n(-c2cccc(NS(=O)(=O)CC)c2)n1. The van der Waals surface area contributed by atoms with Crippen molar-refractivity contribution in [2.24, 2.45) is 0 Å². The molecule has 1 aromatic heterocycles. The maximum atomic E-state index is 13.3. The van der Waals surface area contributed by atoms with E-state index >= 15 is 0 Å². The van der Waals surface area contributed by atoms with Crippen molar-refractivity contribution in [1.29, 1.82) is 0 Å². The second-order valence-electron chi connectivity index (χ2n) is 5.63. The summed E-state index contributed by atoms with van der Waals surface area (Å²) in [6, 6.07) is 12.8. The highest BCUT2D eigenvalue weighted by atomic mass is 32.2. The van der Waals surface area contributed by atoms with Crippen LogP contribution in [-0.4, -0.2) is 35.5 Å². The molecule has 3 aromatic rings. The number of nitrogens with zero attached hydrogens (tertiary/aromatic N) is 3. The van der Waals surface area contributed by atoms with E-state index in [1.807, 2.05) is 6.92 Å². The zero-order valence-corrected chi connectivity index (χ0v) is 15.7. The molecule has 1 N–H and O–H groups in total. The van der Waals surface area contributed by atoms with Gasteiger partial charge in [0.15, 0.2) is 5.82 Å². The van der Waals surface area contributed by atoms with Gasteiger partial charge in [-0.3, -0.25) is 4.72 Å². The Hall–Kier alpha value is -2.94. The number of rotatable bonds is 7. The Balaban J connectivity index is 2.06. The zero-order chi connectivity index (χ0) is 19.4. The van der Waals surface area contributed by atoms with Crippen molar-refractivity contribution in [2.75, 3.05) is 17.1 Å². The van der Waals surface area contributed by atoms with E-state index in [0.29, 0.717) is 29.4 Å². The van der Waals surface area contributed by atoms with Crippen LogP contribution in [0.25, 0.3) is 17.1 Å². The van der Waals surface area contributed by atoms with Crippen LogP contribution in [0.3, 0.4) is 0 Å². The quantitative estimate of drug-likeness (QED) is 0.669. The molecule has 0 spiro atoms. The van der Waals surface area contributed by atoms with Gasteiger partial charge in [0, 0.05) is 5.56 Å². The molecule has 0 saturated carbocycles. The number of sulfonamides is 1. The second kappa shape index (κ2) is 7.75. The summed E-state index contributed by atoms with van der Waals surface area (Å²) in [6.45, 7) is 3.77. The summed E-state index contributed by atoms with van der Waals surface area (Å²) >= 11 is 0. The van der Waals surface area contributed by atoms with E-state index in [1.54, 1.807) is 43.3 Å². The smallest absolute Gasteiger partial charge is 0.336 e. The number of hydrogen-bond acceptors (Lipinski definition) is 5. The molecule has 2 aromatic carbocycles. The fourth-order valence-corrected chi connectivity index (χ4v) is 3.03. The predicted octanol–water partition coefficient (Wildman–Crippen LogP) is 3.23. The van der Waals surface area contributed by atoms with E-state index in [1.165, 1.54) is 16.8 Å². The van der Waals surface area contributed by atoms with E-state index in [9.17, 15) is 12.8 Å². The summed E-state index contributed by atoms with van der Waals surface area (Å²) in [5, 5.41) is 4.34. The minimum atomic E-state index is -3.40. The number of aromatic nitrogens is 3. The minimum absolute atomic E-state index is 0.0319. The van der Waals surface area contributed by atoms with Crippen molar-refractivity contribution in [3.63, 3.8) is 0 Å². The van der Waals surface area contributed by atoms with Crippen LogP contribution in [0.4, 0.5) is 10.1 Å². The van der Waals surface area contributed by atoms with Gasteiger partial charge in [0.05, 0.1) is 23.7 Å². The van der Waals surface area contributed by atoms with Crippen LogP contribution in [0.5, 0.6) is 6.01 Å². The van der Waals surface area contributed by atoms with Gasteiger partial charge < -0.3 is 4.74 Å². The van der Waals surface area contributed by atoms with Gasteiger partial charge in [0.1, 0.15) is 5.82 Å². The lowest BCUT2D eigenvalue weighted by molar-refractivity contribution is 0.312. The number of nitrogens with one attached hydrogen (secondary N) is 1. The van der Waals surface area contributed by atoms with E-state index in [2.05, 4.69) is 14.8 Å². The van der Waals surface area contributed by atoms with Crippen molar-refractivity contribution in [2.45, 2.75) is 13.8 Å². The van der Waals surface area contributed by atoms with Crippen LogP contribution >= 0.6 is 0 Å². The fourth-order valence-electron chi connectivity index (χ4n) is 2.40. The molecule has 0 unspecified atom stereocenters. The monoisotopic (exact) mass is 390 g/mol. The van der Waals surface area contributed by atoms with Gasteiger partial charge in [-0.05, 0) is 56.3 Å². The number of halogens is 1. The van der Waals surface area contributed by atoms with Crippen LogP contribution in [0, 0.1) is 5.82 Å². The van der Waals surface area contributed by atoms with Gasteiger partial charge in [0.2, 0.25) is 10.0 Å². The second-order valence-corrected chi connectivity index (χ2v) is 7.64. The third-order valence-electron chi connectivity index (χ3n) is 3.71. The first-order valence-electron chi connectivity index (χ1n) is 8.38. The third-order valence-corrected chi connectivity index (χ3v) is 5.01. The van der Waals surface area contributed by atoms with E-state index < -0.39 is 10.0 Å². The largest absolute Gasteiger partial charge is 0.463 e. The lowest BCUT2D eigenvalue weighted by atomic mass is 10.2. The summed E-state index contributed by atoms with van der Waals surface area (Å²) < 4.78 is 46.3. The Morgan fingerprint density at radius 2 is 1.89 bits per heavy atom. The molecule has 9 heteroatoms. The van der Waals surface area contributed by atoms with Gasteiger partial charge in [-0.25, -0.2) is 17.5 Å². The zero-order valence-electron chi connectivity index (χ0n) is 14.9. The molecule has 27 heavy (non-hydrogen) atoms. The molecule has 0 bridgehead atoms. The number of benzene rings is 2. The van der Waals surface area contributed by atoms with Crippen LogP contribution in [0.2, 0.25) is 0 Å². The van der Waals surface area contributed by atoms with E-state index in [4.69, 9.17) is 4.74 Å². The van der Waals surface area contributed by atoms with Gasteiger partial charge in [-0.1, -0.05) is 6.07 Å². The highest BCUT2D eigenvalue weighted by Crippen LogP contribution is 2.25. The number of hydrogen-bond donors (Lipinski definition) is 1. The van der Waals surface area contributed by atoms with Crippen molar-refractivity contribution in [3.05, 3.63) is 54.3 Å². The van der Waals surface area contributed by atoms with Crippen molar-refractivity contribution in [1.82, 2.24) is 14.8 Å². The van der Waals surface area contributed by atoms with Crippen LogP contribution in [0.15, 0.2) is 48.5 Å². The molecule has 0 radical (unpaired) electrons. The van der Waals surface area contributed by atoms with Crippen LogP contribution in [0.1, 0.15) is 13.8 Å². The molecule has 3 rings (SSSR count). The first kappa shape index (κ1) is 18.8. The van der Waals surface area contributed by atoms with Crippen LogP contribution < -0.4 is 9.46 Å². The first-order valence-corrected chi connectivity index (χ1v) is 10.0. The van der Waals surface area contributed by atoms with Crippen molar-refractivity contribution >= 4 is 15.7 Å². The standard InChI is InChI=1S/C18H19FN4O3S/c1-3-26-18-20-17(13-8-10-14(19)11-9-13)23(21-18)16-7-5-6-15(12-16)22-27(24,25)4-2/h5-12,22H,3-4H2,1-2H3. The molecule has 0 fully saturated rings. The Bertz CT molecular complexity index is 1030. The Labute approximate surface area is 156 Å². The molecular formula is C18H19FN4O3S. The molecule has 0 aliphatic rings. The van der Waals surface area contributed by atoms with Crippen molar-refractivity contribution < 1.29 is 17.5 Å². The van der Waals surface area contributed by atoms with Gasteiger partial charge >= 0.3 is 6.01 Å². The average molecular weight is 390 g/mol. The maximum absolute atomic E-state index is 13.3. The number of anilines is 1. The normalized spacial score (nSPS) is 11.4. The fraction of sp³-hybridized carbons (Fsp3) is 0.222. The summed E-state index contributed by atoms with van der Waals surface area (Å²) in [5.41, 5.74) is 1.64. The average Bonchev–Trinajstić information content (AvgIpc) is 3.06. The number of ether oxygens (including phenoxy) is 1. The molecule has 1 heterocycles. The third kappa shape index (κ3) is 4.43. The molecule has 0 amide bonds.